The lowest BCUT2D eigenvalue weighted by Gasteiger charge is -2.00. The highest BCUT2D eigenvalue weighted by molar-refractivity contribution is 7.89. The fraction of sp³-hybridized carbons (Fsp3) is 0. The Bertz CT molecular complexity index is 401. The number of amides is 2. The summed E-state index contributed by atoms with van der Waals surface area (Å²) in [5, 5.41) is -0.492. The van der Waals surface area contributed by atoms with E-state index in [4.69, 9.17) is 0 Å². The van der Waals surface area contributed by atoms with E-state index in [0.29, 0.717) is 0 Å². The van der Waals surface area contributed by atoms with Gasteiger partial charge < -0.3 is 5.73 Å². The van der Waals surface area contributed by atoms with Crippen LogP contribution in [-0.4, -0.2) is 24.4 Å². The first-order valence-corrected chi connectivity index (χ1v) is 4.60. The molecule has 1 rings (SSSR count). The average Bonchev–Trinajstić information content (AvgIpc) is 2.04. The maximum Gasteiger partial charge on any atom is 0.326 e. The molecule has 0 unspecified atom stereocenters. The highest BCUT2D eigenvalue weighted by atomic mass is 32.2. The van der Waals surface area contributed by atoms with Crippen LogP contribution < -0.4 is 10.5 Å². The van der Waals surface area contributed by atoms with Gasteiger partial charge in [0.2, 0.25) is 0 Å². The van der Waals surface area contributed by atoms with E-state index in [1.54, 1.807) is 0 Å². The van der Waals surface area contributed by atoms with Crippen LogP contribution in [0.1, 0.15) is 0 Å². The van der Waals surface area contributed by atoms with Crippen molar-refractivity contribution in [1.29, 1.82) is 0 Å². The number of sulfonamides is 1. The Kier molecular flexibility index (Phi) is 2.42. The number of aromatic nitrogens is 2. The highest BCUT2D eigenvalue weighted by Gasteiger charge is 2.18. The third kappa shape index (κ3) is 2.37. The number of hydrogen-bond acceptors (Lipinski definition) is 5. The molecular formula is C5H6N4O3S. The molecule has 0 bridgehead atoms. The van der Waals surface area contributed by atoms with Crippen molar-refractivity contribution in [2.24, 2.45) is 5.73 Å². The molecule has 3 N–H and O–H groups in total. The van der Waals surface area contributed by atoms with Crippen LogP contribution in [0.4, 0.5) is 4.79 Å². The van der Waals surface area contributed by atoms with Gasteiger partial charge in [-0.3, -0.25) is 0 Å². The number of nitrogens with zero attached hydrogens (tertiary/aromatic N) is 2. The van der Waals surface area contributed by atoms with Crippen molar-refractivity contribution in [3.63, 3.8) is 0 Å². The number of urea groups is 1. The molecule has 13 heavy (non-hydrogen) atoms. The molecule has 1 aromatic rings. The van der Waals surface area contributed by atoms with Gasteiger partial charge in [0.15, 0.2) is 0 Å². The Labute approximate surface area is 74.0 Å². The molecule has 70 valence electrons. The molecule has 0 atom stereocenters. The van der Waals surface area contributed by atoms with Crippen LogP contribution in [0.25, 0.3) is 0 Å². The number of carbonyl (C=O) groups excluding carboxylic acids is 1. The Morgan fingerprint density at radius 2 is 1.92 bits per heavy atom. The Morgan fingerprint density at radius 1 is 1.38 bits per heavy atom. The maximum atomic E-state index is 11.1. The van der Waals surface area contributed by atoms with Crippen molar-refractivity contribution in [1.82, 2.24) is 14.7 Å². The van der Waals surface area contributed by atoms with E-state index in [0.717, 1.165) is 0 Å². The number of rotatable bonds is 2. The first-order chi connectivity index (χ1) is 6.02. The van der Waals surface area contributed by atoms with E-state index in [1.807, 2.05) is 0 Å². The number of primary amides is 1. The molecule has 0 aliphatic carbocycles. The molecule has 0 aromatic carbocycles. The predicted octanol–water partition coefficient (Wildman–Crippen LogP) is -1.17. The fourth-order valence-corrected chi connectivity index (χ4v) is 1.36. The normalized spacial score (nSPS) is 10.8. The summed E-state index contributed by atoms with van der Waals surface area (Å²) in [5.74, 6) is 0. The van der Waals surface area contributed by atoms with Crippen molar-refractivity contribution < 1.29 is 13.2 Å². The average molecular weight is 202 g/mol. The lowest BCUT2D eigenvalue weighted by atomic mass is 10.7. The second-order valence-corrected chi connectivity index (χ2v) is 3.58. The summed E-state index contributed by atoms with van der Waals surface area (Å²) in [6.07, 6.45) is 2.48. The maximum absolute atomic E-state index is 11.1. The molecule has 0 fully saturated rings. The van der Waals surface area contributed by atoms with Crippen molar-refractivity contribution in [3.05, 3.63) is 18.5 Å². The minimum atomic E-state index is -4.01. The molecule has 7 nitrogen and oxygen atoms in total. The van der Waals surface area contributed by atoms with Crippen LogP contribution in [0.15, 0.2) is 23.6 Å². The van der Waals surface area contributed by atoms with Crippen LogP contribution in [0.5, 0.6) is 0 Å². The van der Waals surface area contributed by atoms with Crippen molar-refractivity contribution in [2.45, 2.75) is 5.16 Å². The summed E-state index contributed by atoms with van der Waals surface area (Å²) in [4.78, 5) is 17.1. The molecule has 0 aliphatic rings. The predicted molar refractivity (Wildman–Crippen MR) is 41.9 cm³/mol. The van der Waals surface area contributed by atoms with E-state index in [2.05, 4.69) is 15.7 Å². The number of carbonyl (C=O) groups is 1. The SMILES string of the molecule is NC(=O)NS(=O)(=O)c1ncccn1. The lowest BCUT2D eigenvalue weighted by Crippen LogP contribution is -2.35. The molecule has 0 aliphatic heterocycles. The second-order valence-electron chi connectivity index (χ2n) is 2.00. The van der Waals surface area contributed by atoms with E-state index in [-0.39, 0.29) is 0 Å². The molecule has 0 spiro atoms. The van der Waals surface area contributed by atoms with Gasteiger partial charge in [-0.2, -0.15) is 8.42 Å². The first-order valence-electron chi connectivity index (χ1n) is 3.11. The van der Waals surface area contributed by atoms with Gasteiger partial charge >= 0.3 is 16.1 Å². The van der Waals surface area contributed by atoms with Crippen molar-refractivity contribution in [3.8, 4) is 0 Å². The summed E-state index contributed by atoms with van der Waals surface area (Å²) in [5.41, 5.74) is 4.63. The molecule has 8 heteroatoms. The molecule has 0 radical (unpaired) electrons. The van der Waals surface area contributed by atoms with Crippen LogP contribution in [0.3, 0.4) is 0 Å². The zero-order chi connectivity index (χ0) is 9.90. The topological polar surface area (TPSA) is 115 Å². The lowest BCUT2D eigenvalue weighted by molar-refractivity contribution is 0.253. The number of nitrogens with two attached hydrogens (primary N) is 1. The summed E-state index contributed by atoms with van der Waals surface area (Å²) in [6.45, 7) is 0. The van der Waals surface area contributed by atoms with Crippen LogP contribution >= 0.6 is 0 Å². The standard InChI is InChI=1S/C5H6N4O3S/c6-4(10)9-13(11,12)5-7-2-1-3-8-5/h1-3H,(H3,6,9,10). The smallest absolute Gasteiger partial charge is 0.326 e. The highest BCUT2D eigenvalue weighted by Crippen LogP contribution is 1.97. The van der Waals surface area contributed by atoms with E-state index >= 15 is 0 Å². The summed E-state index contributed by atoms with van der Waals surface area (Å²) in [7, 11) is -4.01. The molecule has 1 aromatic heterocycles. The number of nitrogens with one attached hydrogen (secondary N) is 1. The zero-order valence-electron chi connectivity index (χ0n) is 6.34. The van der Waals surface area contributed by atoms with Gasteiger partial charge in [0, 0.05) is 12.4 Å². The minimum Gasteiger partial charge on any atom is -0.351 e. The number of hydrogen-bond donors (Lipinski definition) is 2. The third-order valence-corrected chi connectivity index (χ3v) is 2.18. The van der Waals surface area contributed by atoms with Gasteiger partial charge in [-0.15, -0.1) is 0 Å². The molecule has 2 amide bonds. The summed E-state index contributed by atoms with van der Waals surface area (Å²) < 4.78 is 23.7. The summed E-state index contributed by atoms with van der Waals surface area (Å²) in [6, 6.07) is 0.274. The zero-order valence-corrected chi connectivity index (χ0v) is 7.15. The van der Waals surface area contributed by atoms with Crippen LogP contribution in [-0.2, 0) is 10.0 Å². The van der Waals surface area contributed by atoms with Gasteiger partial charge in [0.25, 0.3) is 5.16 Å². The largest absolute Gasteiger partial charge is 0.351 e. The van der Waals surface area contributed by atoms with E-state index in [9.17, 15) is 13.2 Å². The van der Waals surface area contributed by atoms with Gasteiger partial charge in [-0.1, -0.05) is 0 Å². The molecular weight excluding hydrogens is 196 g/mol. The Morgan fingerprint density at radius 3 is 2.38 bits per heavy atom. The third-order valence-electron chi connectivity index (χ3n) is 1.02. The van der Waals surface area contributed by atoms with Gasteiger partial charge in [0.1, 0.15) is 0 Å². The van der Waals surface area contributed by atoms with Crippen LogP contribution in [0.2, 0.25) is 0 Å². The first kappa shape index (κ1) is 9.39. The monoisotopic (exact) mass is 202 g/mol. The van der Waals surface area contributed by atoms with Crippen molar-refractivity contribution in [2.75, 3.05) is 0 Å². The van der Waals surface area contributed by atoms with Gasteiger partial charge in [-0.25, -0.2) is 19.5 Å². The van der Waals surface area contributed by atoms with E-state index in [1.165, 1.54) is 23.2 Å². The second kappa shape index (κ2) is 3.35. The van der Waals surface area contributed by atoms with E-state index < -0.39 is 21.2 Å². The summed E-state index contributed by atoms with van der Waals surface area (Å²) >= 11 is 0. The molecule has 0 saturated heterocycles. The molecule has 1 heterocycles. The fourth-order valence-electron chi connectivity index (χ4n) is 0.602. The molecule has 0 saturated carbocycles. The van der Waals surface area contributed by atoms with Crippen molar-refractivity contribution >= 4 is 16.1 Å². The quantitative estimate of drug-likeness (QED) is 0.586. The minimum absolute atomic E-state index is 0.492. The Balaban J connectivity index is 3.02. The Hall–Kier alpha value is -1.70. The van der Waals surface area contributed by atoms with Gasteiger partial charge in [-0.05, 0) is 6.07 Å². The van der Waals surface area contributed by atoms with Crippen LogP contribution in [0, 0.1) is 0 Å². The van der Waals surface area contributed by atoms with Gasteiger partial charge in [0.05, 0.1) is 0 Å².